The molecule has 0 unspecified atom stereocenters. The van der Waals surface area contributed by atoms with E-state index in [1.165, 1.54) is 5.56 Å². The maximum atomic E-state index is 12.0. The average Bonchev–Trinajstić information content (AvgIpc) is 2.77. The van der Waals surface area contributed by atoms with Gasteiger partial charge in [0, 0.05) is 18.8 Å². The van der Waals surface area contributed by atoms with Crippen LogP contribution in [0.5, 0.6) is 0 Å². The number of amides is 1. The Morgan fingerprint density at radius 1 is 1.32 bits per heavy atom. The molecule has 4 nitrogen and oxygen atoms in total. The molecule has 1 aromatic carbocycles. The zero-order valence-electron chi connectivity index (χ0n) is 11.6. The molecule has 0 fully saturated rings. The molecule has 19 heavy (non-hydrogen) atoms. The molecule has 0 saturated carbocycles. The van der Waals surface area contributed by atoms with Gasteiger partial charge in [-0.2, -0.15) is 5.10 Å². The lowest BCUT2D eigenvalue weighted by Crippen LogP contribution is -2.23. The van der Waals surface area contributed by atoms with E-state index in [9.17, 15) is 4.79 Å². The van der Waals surface area contributed by atoms with Gasteiger partial charge in [0.2, 0.25) is 0 Å². The molecule has 0 radical (unpaired) electrons. The van der Waals surface area contributed by atoms with Crippen molar-refractivity contribution in [2.24, 2.45) is 0 Å². The first kappa shape index (κ1) is 13.3. The summed E-state index contributed by atoms with van der Waals surface area (Å²) < 4.78 is 1.82. The van der Waals surface area contributed by atoms with Crippen LogP contribution in [0.4, 0.5) is 0 Å². The first-order valence-corrected chi connectivity index (χ1v) is 6.48. The molecular weight excluding hydrogens is 238 g/mol. The Labute approximate surface area is 113 Å². The molecule has 1 amide bonds. The normalized spacial score (nSPS) is 10.5. The number of aromatic nitrogens is 2. The quantitative estimate of drug-likeness (QED) is 0.914. The van der Waals surface area contributed by atoms with Crippen LogP contribution in [-0.4, -0.2) is 15.7 Å². The summed E-state index contributed by atoms with van der Waals surface area (Å²) in [5.41, 5.74) is 3.77. The first-order valence-electron chi connectivity index (χ1n) is 6.48. The Balaban J connectivity index is 2.01. The lowest BCUT2D eigenvalue weighted by atomic mass is 10.1. The lowest BCUT2D eigenvalue weighted by molar-refractivity contribution is 0.0945. The largest absolute Gasteiger partial charge is 0.347 e. The number of hydrogen-bond acceptors (Lipinski definition) is 2. The van der Waals surface area contributed by atoms with E-state index in [0.717, 1.165) is 17.8 Å². The fraction of sp³-hybridized carbons (Fsp3) is 0.333. The second kappa shape index (κ2) is 5.69. The van der Waals surface area contributed by atoms with Crippen LogP contribution >= 0.6 is 0 Å². The smallest absolute Gasteiger partial charge is 0.272 e. The molecule has 0 spiro atoms. The van der Waals surface area contributed by atoms with Gasteiger partial charge >= 0.3 is 0 Å². The number of carbonyl (C=O) groups excluding carboxylic acids is 1. The van der Waals surface area contributed by atoms with Gasteiger partial charge in [-0.05, 0) is 32.4 Å². The van der Waals surface area contributed by atoms with Crippen LogP contribution < -0.4 is 5.32 Å². The third kappa shape index (κ3) is 3.22. The summed E-state index contributed by atoms with van der Waals surface area (Å²) in [5.74, 6) is -0.128. The predicted octanol–water partition coefficient (Wildman–Crippen LogP) is 2.45. The van der Waals surface area contributed by atoms with Crippen molar-refractivity contribution in [3.63, 3.8) is 0 Å². The van der Waals surface area contributed by atoms with Gasteiger partial charge in [0.15, 0.2) is 0 Å². The van der Waals surface area contributed by atoms with Gasteiger partial charge in [-0.25, -0.2) is 0 Å². The van der Waals surface area contributed by atoms with E-state index >= 15 is 0 Å². The summed E-state index contributed by atoms with van der Waals surface area (Å²) in [6.07, 6.45) is 0. The third-order valence-corrected chi connectivity index (χ3v) is 3.05. The van der Waals surface area contributed by atoms with Gasteiger partial charge in [0.1, 0.15) is 5.69 Å². The molecule has 0 aliphatic rings. The van der Waals surface area contributed by atoms with Crippen molar-refractivity contribution < 1.29 is 4.79 Å². The average molecular weight is 257 g/mol. The lowest BCUT2D eigenvalue weighted by Gasteiger charge is -2.04. The molecular formula is C15H19N3O. The van der Waals surface area contributed by atoms with Crippen molar-refractivity contribution in [1.29, 1.82) is 0 Å². The number of hydrogen-bond donors (Lipinski definition) is 1. The highest BCUT2D eigenvalue weighted by atomic mass is 16.1. The van der Waals surface area contributed by atoms with Gasteiger partial charge in [-0.15, -0.1) is 0 Å². The van der Waals surface area contributed by atoms with Crippen molar-refractivity contribution in [3.05, 3.63) is 52.8 Å². The van der Waals surface area contributed by atoms with E-state index in [0.29, 0.717) is 12.2 Å². The first-order chi connectivity index (χ1) is 9.10. The highest BCUT2D eigenvalue weighted by molar-refractivity contribution is 5.92. The monoisotopic (exact) mass is 257 g/mol. The van der Waals surface area contributed by atoms with E-state index in [1.54, 1.807) is 0 Å². The Morgan fingerprint density at radius 2 is 2.11 bits per heavy atom. The van der Waals surface area contributed by atoms with Crippen molar-refractivity contribution in [2.75, 3.05) is 0 Å². The summed E-state index contributed by atoms with van der Waals surface area (Å²) >= 11 is 0. The number of nitrogens with zero attached hydrogens (tertiary/aromatic N) is 2. The molecule has 0 aliphatic carbocycles. The van der Waals surface area contributed by atoms with Gasteiger partial charge in [-0.3, -0.25) is 9.48 Å². The van der Waals surface area contributed by atoms with Gasteiger partial charge in [0.25, 0.3) is 5.91 Å². The number of carbonyl (C=O) groups is 1. The van der Waals surface area contributed by atoms with Gasteiger partial charge in [-0.1, -0.05) is 29.8 Å². The molecule has 4 heteroatoms. The van der Waals surface area contributed by atoms with Crippen molar-refractivity contribution in [2.45, 2.75) is 33.9 Å². The van der Waals surface area contributed by atoms with E-state index in [2.05, 4.69) is 16.5 Å². The zero-order chi connectivity index (χ0) is 13.8. The Morgan fingerprint density at radius 3 is 2.74 bits per heavy atom. The Kier molecular flexibility index (Phi) is 4.00. The third-order valence-electron chi connectivity index (χ3n) is 3.05. The Hall–Kier alpha value is -2.10. The number of aryl methyl sites for hydroxylation is 3. The van der Waals surface area contributed by atoms with Crippen LogP contribution in [0.2, 0.25) is 0 Å². The standard InChI is InChI=1S/C15H19N3O/c1-4-18-12(3)9-14(17-18)15(19)16-10-13-7-5-6-11(2)8-13/h5-9H,4,10H2,1-3H3,(H,16,19). The van der Waals surface area contributed by atoms with E-state index < -0.39 is 0 Å². The molecule has 0 aliphatic heterocycles. The summed E-state index contributed by atoms with van der Waals surface area (Å²) in [5, 5.41) is 7.15. The summed E-state index contributed by atoms with van der Waals surface area (Å²) in [6, 6.07) is 9.92. The zero-order valence-corrected chi connectivity index (χ0v) is 11.6. The molecule has 2 rings (SSSR count). The number of rotatable bonds is 4. The van der Waals surface area contributed by atoms with Crippen LogP contribution in [0.1, 0.15) is 34.2 Å². The van der Waals surface area contributed by atoms with E-state index in [1.807, 2.05) is 49.7 Å². The minimum absolute atomic E-state index is 0.128. The maximum Gasteiger partial charge on any atom is 0.272 e. The van der Waals surface area contributed by atoms with Crippen molar-refractivity contribution in [3.8, 4) is 0 Å². The minimum Gasteiger partial charge on any atom is -0.347 e. The SMILES string of the molecule is CCn1nc(C(=O)NCc2cccc(C)c2)cc1C. The highest BCUT2D eigenvalue weighted by Crippen LogP contribution is 2.06. The fourth-order valence-electron chi connectivity index (χ4n) is 2.04. The molecule has 1 N–H and O–H groups in total. The van der Waals surface area contributed by atoms with E-state index in [-0.39, 0.29) is 5.91 Å². The summed E-state index contributed by atoms with van der Waals surface area (Å²) in [4.78, 5) is 12.0. The topological polar surface area (TPSA) is 46.9 Å². The van der Waals surface area contributed by atoms with Crippen LogP contribution in [0.15, 0.2) is 30.3 Å². The number of benzene rings is 1. The summed E-state index contributed by atoms with van der Waals surface area (Å²) in [7, 11) is 0. The molecule has 100 valence electrons. The predicted molar refractivity (Wildman–Crippen MR) is 75.0 cm³/mol. The highest BCUT2D eigenvalue weighted by Gasteiger charge is 2.11. The number of nitrogens with one attached hydrogen (secondary N) is 1. The second-order valence-corrected chi connectivity index (χ2v) is 4.66. The molecule has 2 aromatic rings. The van der Waals surface area contributed by atoms with Crippen molar-refractivity contribution >= 4 is 5.91 Å². The minimum atomic E-state index is -0.128. The molecule has 1 heterocycles. The molecule has 1 aromatic heterocycles. The summed E-state index contributed by atoms with van der Waals surface area (Å²) in [6.45, 7) is 7.30. The van der Waals surface area contributed by atoms with Crippen LogP contribution in [0.25, 0.3) is 0 Å². The van der Waals surface area contributed by atoms with Crippen molar-refractivity contribution in [1.82, 2.24) is 15.1 Å². The fourth-order valence-corrected chi connectivity index (χ4v) is 2.04. The van der Waals surface area contributed by atoms with Crippen LogP contribution in [-0.2, 0) is 13.1 Å². The Bertz CT molecular complexity index is 587. The van der Waals surface area contributed by atoms with Gasteiger partial charge < -0.3 is 5.32 Å². The maximum absolute atomic E-state index is 12.0. The van der Waals surface area contributed by atoms with Crippen LogP contribution in [0.3, 0.4) is 0 Å². The molecule has 0 atom stereocenters. The van der Waals surface area contributed by atoms with Crippen LogP contribution in [0, 0.1) is 13.8 Å². The van der Waals surface area contributed by atoms with Gasteiger partial charge in [0.05, 0.1) is 0 Å². The van der Waals surface area contributed by atoms with E-state index in [4.69, 9.17) is 0 Å². The second-order valence-electron chi connectivity index (χ2n) is 4.66. The molecule has 0 bridgehead atoms. The molecule has 0 saturated heterocycles.